The molecule has 0 unspecified atom stereocenters. The normalized spacial score (nSPS) is 10.7. The Kier molecular flexibility index (Phi) is 7.90. The summed E-state index contributed by atoms with van der Waals surface area (Å²) in [5, 5.41) is 25.5. The van der Waals surface area contributed by atoms with Crippen LogP contribution in [0.5, 0.6) is 0 Å². The third-order valence-corrected chi connectivity index (χ3v) is 6.10. The molecule has 2 N–H and O–H groups in total. The predicted molar refractivity (Wildman–Crippen MR) is 126 cm³/mol. The molecule has 0 spiro atoms. The highest BCUT2D eigenvalue weighted by atomic mass is 35.5. The first-order valence-corrected chi connectivity index (χ1v) is 11.2. The molecule has 1 aromatic heterocycles. The number of non-ortho nitro benzene ring substituents is 1. The smallest absolute Gasteiger partial charge is 0.269 e. The molecule has 0 aliphatic rings. The van der Waals surface area contributed by atoms with Gasteiger partial charge in [-0.2, -0.15) is 0 Å². The molecule has 0 bridgehead atoms. The molecule has 1 heterocycles. The first-order chi connectivity index (χ1) is 15.7. The Hall–Kier alpha value is -3.15. The van der Waals surface area contributed by atoms with Gasteiger partial charge in [0.2, 0.25) is 5.91 Å². The monoisotopic (exact) mass is 508 g/mol. The molecule has 2 aromatic carbocycles. The highest BCUT2D eigenvalue weighted by Crippen LogP contribution is 2.23. The number of anilines is 1. The van der Waals surface area contributed by atoms with Gasteiger partial charge in [-0.1, -0.05) is 35.0 Å². The van der Waals surface area contributed by atoms with Crippen molar-refractivity contribution in [1.29, 1.82) is 0 Å². The lowest BCUT2D eigenvalue weighted by Crippen LogP contribution is -2.24. The zero-order valence-electron chi connectivity index (χ0n) is 17.5. The third kappa shape index (κ3) is 6.21. The van der Waals surface area contributed by atoms with Gasteiger partial charge in [0.15, 0.2) is 11.0 Å². The van der Waals surface area contributed by atoms with Crippen molar-refractivity contribution in [3.8, 4) is 0 Å². The third-order valence-electron chi connectivity index (χ3n) is 4.54. The van der Waals surface area contributed by atoms with E-state index in [1.807, 2.05) is 0 Å². The molecule has 0 saturated carbocycles. The molecule has 0 saturated heterocycles. The van der Waals surface area contributed by atoms with Gasteiger partial charge in [0.25, 0.3) is 11.6 Å². The summed E-state index contributed by atoms with van der Waals surface area (Å²) >= 11 is 13.1. The minimum Gasteiger partial charge on any atom is -0.345 e. The Morgan fingerprint density at radius 3 is 2.61 bits per heavy atom. The summed E-state index contributed by atoms with van der Waals surface area (Å²) < 4.78 is 1.67. The molecular formula is C20H18Cl2N6O4S. The van der Waals surface area contributed by atoms with Crippen LogP contribution < -0.4 is 10.6 Å². The summed E-state index contributed by atoms with van der Waals surface area (Å²) in [5.74, 6) is -0.142. The Balaban J connectivity index is 1.55. The summed E-state index contributed by atoms with van der Waals surface area (Å²) in [7, 11) is 1.72. The van der Waals surface area contributed by atoms with E-state index in [1.54, 1.807) is 24.6 Å². The molecule has 0 radical (unpaired) electrons. The zero-order chi connectivity index (χ0) is 24.1. The number of nitro groups is 1. The SMILES string of the molecule is Cc1cc([N+](=O)[O-])ccc1NC(=O)CSc1nnc(CNC(=O)c2ccc(Cl)cc2Cl)n1C. The van der Waals surface area contributed by atoms with E-state index in [0.29, 0.717) is 27.3 Å². The number of nitro benzene ring substituents is 1. The maximum Gasteiger partial charge on any atom is 0.269 e. The molecule has 0 fully saturated rings. The number of carbonyl (C=O) groups is 2. The zero-order valence-corrected chi connectivity index (χ0v) is 19.8. The molecular weight excluding hydrogens is 491 g/mol. The van der Waals surface area contributed by atoms with E-state index in [4.69, 9.17) is 23.2 Å². The molecule has 2 amide bonds. The molecule has 0 atom stereocenters. The number of carbonyl (C=O) groups excluding carboxylic acids is 2. The van der Waals surface area contributed by atoms with Crippen LogP contribution in [0.2, 0.25) is 10.0 Å². The molecule has 3 rings (SSSR count). The van der Waals surface area contributed by atoms with Crippen LogP contribution in [0.1, 0.15) is 21.7 Å². The fraction of sp³-hybridized carbons (Fsp3) is 0.200. The quantitative estimate of drug-likeness (QED) is 0.267. The van der Waals surface area contributed by atoms with Gasteiger partial charge >= 0.3 is 0 Å². The van der Waals surface area contributed by atoms with Crippen LogP contribution in [0.4, 0.5) is 11.4 Å². The Bertz CT molecular complexity index is 1230. The van der Waals surface area contributed by atoms with Crippen molar-refractivity contribution in [3.05, 3.63) is 73.5 Å². The van der Waals surface area contributed by atoms with E-state index in [-0.39, 0.29) is 40.4 Å². The largest absolute Gasteiger partial charge is 0.345 e. The summed E-state index contributed by atoms with van der Waals surface area (Å²) in [4.78, 5) is 35.0. The lowest BCUT2D eigenvalue weighted by molar-refractivity contribution is -0.384. The molecule has 0 aliphatic heterocycles. The van der Waals surface area contributed by atoms with Crippen molar-refractivity contribution in [2.75, 3.05) is 11.1 Å². The molecule has 172 valence electrons. The molecule has 3 aromatic rings. The standard InChI is InChI=1S/C20H18Cl2N6O4S/c1-11-7-13(28(31)32)4-6-16(11)24-18(29)10-33-20-26-25-17(27(20)2)9-23-19(30)14-5-3-12(21)8-15(14)22/h3-8H,9-10H2,1-2H3,(H,23,30)(H,24,29). The lowest BCUT2D eigenvalue weighted by atomic mass is 10.2. The van der Waals surface area contributed by atoms with E-state index in [0.717, 1.165) is 11.8 Å². The van der Waals surface area contributed by atoms with E-state index in [1.165, 1.54) is 30.3 Å². The van der Waals surface area contributed by atoms with Gasteiger partial charge in [-0.3, -0.25) is 19.7 Å². The summed E-state index contributed by atoms with van der Waals surface area (Å²) in [6, 6.07) is 8.80. The number of aromatic nitrogens is 3. The fourth-order valence-electron chi connectivity index (χ4n) is 2.77. The number of rotatable bonds is 8. The maximum atomic E-state index is 12.4. The topological polar surface area (TPSA) is 132 Å². The van der Waals surface area contributed by atoms with E-state index >= 15 is 0 Å². The van der Waals surface area contributed by atoms with E-state index in [9.17, 15) is 19.7 Å². The number of hydrogen-bond acceptors (Lipinski definition) is 7. The summed E-state index contributed by atoms with van der Waals surface area (Å²) in [6.07, 6.45) is 0. The van der Waals surface area contributed by atoms with Gasteiger partial charge in [-0.15, -0.1) is 10.2 Å². The molecule has 10 nitrogen and oxygen atoms in total. The van der Waals surface area contributed by atoms with Gasteiger partial charge in [-0.05, 0) is 36.8 Å². The average molecular weight is 509 g/mol. The lowest BCUT2D eigenvalue weighted by Gasteiger charge is -2.09. The van der Waals surface area contributed by atoms with Gasteiger partial charge in [0, 0.05) is 29.9 Å². The Morgan fingerprint density at radius 2 is 1.94 bits per heavy atom. The minimum atomic E-state index is -0.493. The van der Waals surface area contributed by atoms with Crippen molar-refractivity contribution in [3.63, 3.8) is 0 Å². The van der Waals surface area contributed by atoms with Crippen LogP contribution in [0.15, 0.2) is 41.6 Å². The van der Waals surface area contributed by atoms with E-state index < -0.39 is 4.92 Å². The first-order valence-electron chi connectivity index (χ1n) is 9.45. The second-order valence-corrected chi connectivity index (χ2v) is 8.64. The maximum absolute atomic E-state index is 12.4. The molecule has 33 heavy (non-hydrogen) atoms. The number of nitrogens with one attached hydrogen (secondary N) is 2. The number of thioether (sulfide) groups is 1. The van der Waals surface area contributed by atoms with Crippen molar-refractivity contribution >= 4 is 58.2 Å². The highest BCUT2D eigenvalue weighted by Gasteiger charge is 2.15. The van der Waals surface area contributed by atoms with Crippen LogP contribution in [0, 0.1) is 17.0 Å². The fourth-order valence-corrected chi connectivity index (χ4v) is 4.00. The van der Waals surface area contributed by atoms with Crippen LogP contribution in [-0.2, 0) is 18.4 Å². The number of amides is 2. The number of halogens is 2. The van der Waals surface area contributed by atoms with Gasteiger partial charge in [0.1, 0.15) is 0 Å². The van der Waals surface area contributed by atoms with Crippen molar-refractivity contribution in [2.24, 2.45) is 7.05 Å². The number of nitrogens with zero attached hydrogens (tertiary/aromatic N) is 4. The van der Waals surface area contributed by atoms with Gasteiger partial charge in [0.05, 0.1) is 27.8 Å². The average Bonchev–Trinajstić information content (AvgIpc) is 3.11. The van der Waals surface area contributed by atoms with Crippen LogP contribution in [0.25, 0.3) is 0 Å². The number of benzene rings is 2. The molecule has 0 aliphatic carbocycles. The minimum absolute atomic E-state index is 0.0445. The predicted octanol–water partition coefficient (Wildman–Crippen LogP) is 4.00. The Morgan fingerprint density at radius 1 is 1.18 bits per heavy atom. The highest BCUT2D eigenvalue weighted by molar-refractivity contribution is 7.99. The second-order valence-electron chi connectivity index (χ2n) is 6.86. The van der Waals surface area contributed by atoms with Crippen molar-refractivity contribution in [1.82, 2.24) is 20.1 Å². The summed E-state index contributed by atoms with van der Waals surface area (Å²) in [6.45, 7) is 1.78. The van der Waals surface area contributed by atoms with Crippen molar-refractivity contribution < 1.29 is 14.5 Å². The molecule has 13 heteroatoms. The second kappa shape index (κ2) is 10.6. The first kappa shape index (κ1) is 24.5. The van der Waals surface area contributed by atoms with Crippen LogP contribution in [-0.4, -0.2) is 37.3 Å². The van der Waals surface area contributed by atoms with Crippen LogP contribution >= 0.6 is 35.0 Å². The van der Waals surface area contributed by atoms with Crippen LogP contribution in [0.3, 0.4) is 0 Å². The summed E-state index contributed by atoms with van der Waals surface area (Å²) in [5.41, 5.74) is 1.32. The Labute approximate surface area is 202 Å². The van der Waals surface area contributed by atoms with Crippen molar-refractivity contribution in [2.45, 2.75) is 18.6 Å². The van der Waals surface area contributed by atoms with Gasteiger partial charge < -0.3 is 15.2 Å². The number of hydrogen-bond donors (Lipinski definition) is 2. The number of aryl methyl sites for hydroxylation is 1. The van der Waals surface area contributed by atoms with Gasteiger partial charge in [-0.25, -0.2) is 0 Å². The van der Waals surface area contributed by atoms with E-state index in [2.05, 4.69) is 20.8 Å².